The summed E-state index contributed by atoms with van der Waals surface area (Å²) >= 11 is 0. The number of carbonyl (C=O) groups is 2. The molecular formula is C24H35N3O5. The van der Waals surface area contributed by atoms with Gasteiger partial charge in [-0.3, -0.25) is 9.59 Å². The molecule has 0 spiro atoms. The van der Waals surface area contributed by atoms with Crippen LogP contribution in [0.15, 0.2) is 18.3 Å². The first kappa shape index (κ1) is 24.2. The van der Waals surface area contributed by atoms with Crippen molar-refractivity contribution in [3.05, 3.63) is 29.5 Å². The molecule has 0 unspecified atom stereocenters. The van der Waals surface area contributed by atoms with E-state index in [2.05, 4.69) is 11.1 Å². The normalized spacial score (nSPS) is 22.2. The first-order valence-corrected chi connectivity index (χ1v) is 11.4. The Morgan fingerprint density at radius 2 is 2.22 bits per heavy atom. The number of fused-ring (bicyclic) bond motifs is 1. The summed E-state index contributed by atoms with van der Waals surface area (Å²) in [5, 5.41) is 9.79. The van der Waals surface area contributed by atoms with Crippen molar-refractivity contribution in [3.63, 3.8) is 0 Å². The molecule has 0 aromatic carbocycles. The SMILES string of the molecule is COCC(=O)N(C)C[C@@H]1Oc2ncc(C3=CCCCC3)cc2C(=O)N([C@H](C)CO)C[C@H]1C. The minimum Gasteiger partial charge on any atom is -0.472 e. The number of rotatable bonds is 7. The lowest BCUT2D eigenvalue weighted by Crippen LogP contribution is -2.50. The van der Waals surface area contributed by atoms with Crippen molar-refractivity contribution in [2.45, 2.75) is 51.7 Å². The fourth-order valence-electron chi connectivity index (χ4n) is 4.20. The predicted octanol–water partition coefficient (Wildman–Crippen LogP) is 2.36. The molecule has 0 saturated carbocycles. The van der Waals surface area contributed by atoms with E-state index in [0.29, 0.717) is 18.7 Å². The van der Waals surface area contributed by atoms with Crippen molar-refractivity contribution in [2.75, 3.05) is 40.5 Å². The summed E-state index contributed by atoms with van der Waals surface area (Å²) < 4.78 is 11.2. The molecule has 0 fully saturated rings. The number of methoxy groups -OCH3 is 1. The molecule has 2 amide bonds. The summed E-state index contributed by atoms with van der Waals surface area (Å²) in [5.74, 6) is -0.146. The highest BCUT2D eigenvalue weighted by atomic mass is 16.5. The van der Waals surface area contributed by atoms with E-state index in [9.17, 15) is 14.7 Å². The molecule has 2 aliphatic rings. The minimum absolute atomic E-state index is 0.00291. The van der Waals surface area contributed by atoms with Gasteiger partial charge in [-0.05, 0) is 49.8 Å². The van der Waals surface area contributed by atoms with Crippen LogP contribution in [0.2, 0.25) is 0 Å². The van der Waals surface area contributed by atoms with Gasteiger partial charge in [-0.2, -0.15) is 0 Å². The summed E-state index contributed by atoms with van der Waals surface area (Å²) in [6.07, 6.45) is 7.93. The van der Waals surface area contributed by atoms with E-state index in [1.165, 1.54) is 19.1 Å². The number of ether oxygens (including phenoxy) is 2. The summed E-state index contributed by atoms with van der Waals surface area (Å²) in [6.45, 7) is 4.42. The van der Waals surface area contributed by atoms with E-state index in [4.69, 9.17) is 9.47 Å². The third kappa shape index (κ3) is 5.48. The summed E-state index contributed by atoms with van der Waals surface area (Å²) in [7, 11) is 3.20. The number of amides is 2. The monoisotopic (exact) mass is 445 g/mol. The highest BCUT2D eigenvalue weighted by molar-refractivity contribution is 5.97. The summed E-state index contributed by atoms with van der Waals surface area (Å²) in [5.41, 5.74) is 2.55. The van der Waals surface area contributed by atoms with Crippen LogP contribution in [0.5, 0.6) is 5.88 Å². The van der Waals surface area contributed by atoms with Crippen molar-refractivity contribution in [1.82, 2.24) is 14.8 Å². The Morgan fingerprint density at radius 1 is 1.44 bits per heavy atom. The third-order valence-corrected chi connectivity index (χ3v) is 6.33. The zero-order chi connectivity index (χ0) is 23.3. The van der Waals surface area contributed by atoms with Crippen molar-refractivity contribution < 1.29 is 24.2 Å². The standard InChI is InChI=1S/C24H35N3O5/c1-16-12-27(17(2)14-28)24(30)20-10-19(18-8-6-5-7-9-18)11-25-23(20)32-21(16)13-26(3)22(29)15-31-4/h8,10-11,16-17,21,28H,5-7,9,12-15H2,1-4H3/t16-,17-,21+/m1/s1. The van der Waals surface area contributed by atoms with E-state index in [1.54, 1.807) is 23.0 Å². The molecule has 8 heteroatoms. The van der Waals surface area contributed by atoms with Crippen molar-refractivity contribution in [3.8, 4) is 5.88 Å². The first-order chi connectivity index (χ1) is 15.3. The Labute approximate surface area is 190 Å². The van der Waals surface area contributed by atoms with Crippen molar-refractivity contribution in [2.24, 2.45) is 5.92 Å². The van der Waals surface area contributed by atoms with Gasteiger partial charge in [-0.1, -0.05) is 13.0 Å². The number of aromatic nitrogens is 1. The average Bonchev–Trinajstić information content (AvgIpc) is 2.81. The Morgan fingerprint density at radius 3 is 2.88 bits per heavy atom. The lowest BCUT2D eigenvalue weighted by atomic mass is 9.93. The molecule has 3 atom stereocenters. The molecule has 32 heavy (non-hydrogen) atoms. The van der Waals surface area contributed by atoms with E-state index < -0.39 is 0 Å². The molecule has 0 bridgehead atoms. The van der Waals surface area contributed by atoms with E-state index >= 15 is 0 Å². The molecule has 1 aliphatic heterocycles. The highest BCUT2D eigenvalue weighted by Crippen LogP contribution is 2.32. The molecule has 1 aliphatic carbocycles. The van der Waals surface area contributed by atoms with Crippen molar-refractivity contribution >= 4 is 17.4 Å². The van der Waals surface area contributed by atoms with E-state index in [1.807, 2.05) is 19.9 Å². The zero-order valence-electron chi connectivity index (χ0n) is 19.5. The van der Waals surface area contributed by atoms with Crippen LogP contribution >= 0.6 is 0 Å². The number of carbonyl (C=O) groups excluding carboxylic acids is 2. The second-order valence-electron chi connectivity index (χ2n) is 8.88. The summed E-state index contributed by atoms with van der Waals surface area (Å²) in [4.78, 5) is 33.5. The van der Waals surface area contributed by atoms with E-state index in [0.717, 1.165) is 24.8 Å². The fraction of sp³-hybridized carbons (Fsp3) is 0.625. The minimum atomic E-state index is -0.367. The van der Waals surface area contributed by atoms with Crippen LogP contribution in [-0.2, 0) is 9.53 Å². The van der Waals surface area contributed by atoms with Crippen LogP contribution in [-0.4, -0.2) is 84.3 Å². The Balaban J connectivity index is 1.96. The molecule has 1 aromatic heterocycles. The number of allylic oxidation sites excluding steroid dienone is 2. The molecule has 3 rings (SSSR count). The van der Waals surface area contributed by atoms with Crippen LogP contribution in [0, 0.1) is 5.92 Å². The summed E-state index contributed by atoms with van der Waals surface area (Å²) in [6, 6.07) is 1.52. The number of aliphatic hydroxyl groups is 1. The zero-order valence-corrected chi connectivity index (χ0v) is 19.5. The molecule has 0 saturated heterocycles. The van der Waals surface area contributed by atoms with Gasteiger partial charge in [0, 0.05) is 32.8 Å². The lowest BCUT2D eigenvalue weighted by molar-refractivity contribution is -0.135. The maximum Gasteiger partial charge on any atom is 0.259 e. The molecule has 0 radical (unpaired) electrons. The molecular weight excluding hydrogens is 410 g/mol. The van der Waals surface area contributed by atoms with Gasteiger partial charge in [-0.25, -0.2) is 4.98 Å². The Bertz CT molecular complexity index is 856. The molecule has 1 N–H and O–H groups in total. The van der Waals surface area contributed by atoms with Crippen LogP contribution in [0.1, 0.15) is 55.5 Å². The third-order valence-electron chi connectivity index (χ3n) is 6.33. The number of likely N-dealkylation sites (N-methyl/N-ethyl adjacent to an activating group) is 1. The second kappa shape index (κ2) is 10.9. The lowest BCUT2D eigenvalue weighted by Gasteiger charge is -2.37. The predicted molar refractivity (Wildman–Crippen MR) is 121 cm³/mol. The Kier molecular flexibility index (Phi) is 8.26. The molecule has 8 nitrogen and oxygen atoms in total. The smallest absolute Gasteiger partial charge is 0.259 e. The molecule has 1 aromatic rings. The number of pyridine rings is 1. The van der Waals surface area contributed by atoms with Gasteiger partial charge in [0.2, 0.25) is 11.8 Å². The quantitative estimate of drug-likeness (QED) is 0.693. The second-order valence-corrected chi connectivity index (χ2v) is 8.88. The topological polar surface area (TPSA) is 92.2 Å². The number of hydrogen-bond acceptors (Lipinski definition) is 6. The van der Waals surface area contributed by atoms with Crippen LogP contribution in [0.4, 0.5) is 0 Å². The maximum absolute atomic E-state index is 13.5. The van der Waals surface area contributed by atoms with Gasteiger partial charge in [0.1, 0.15) is 18.3 Å². The largest absolute Gasteiger partial charge is 0.472 e. The first-order valence-electron chi connectivity index (χ1n) is 11.4. The van der Waals surface area contributed by atoms with Crippen LogP contribution in [0.3, 0.4) is 0 Å². The van der Waals surface area contributed by atoms with Gasteiger partial charge >= 0.3 is 0 Å². The number of aliphatic hydroxyl groups excluding tert-OH is 1. The van der Waals surface area contributed by atoms with Crippen LogP contribution in [0.25, 0.3) is 5.57 Å². The van der Waals surface area contributed by atoms with Gasteiger partial charge in [-0.15, -0.1) is 0 Å². The highest BCUT2D eigenvalue weighted by Gasteiger charge is 2.34. The average molecular weight is 446 g/mol. The fourth-order valence-corrected chi connectivity index (χ4v) is 4.20. The van der Waals surface area contributed by atoms with Crippen LogP contribution < -0.4 is 4.74 Å². The van der Waals surface area contributed by atoms with Crippen molar-refractivity contribution in [1.29, 1.82) is 0 Å². The Hall–Kier alpha value is -2.45. The van der Waals surface area contributed by atoms with Gasteiger partial charge in [0.05, 0.1) is 19.2 Å². The van der Waals surface area contributed by atoms with Gasteiger partial charge in [0.25, 0.3) is 5.91 Å². The van der Waals surface area contributed by atoms with E-state index in [-0.39, 0.29) is 49.0 Å². The van der Waals surface area contributed by atoms with Gasteiger partial charge in [0.15, 0.2) is 0 Å². The number of nitrogens with zero attached hydrogens (tertiary/aromatic N) is 3. The molecule has 2 heterocycles. The maximum atomic E-state index is 13.5. The molecule has 176 valence electrons. The van der Waals surface area contributed by atoms with Gasteiger partial charge < -0.3 is 24.4 Å². The number of hydrogen-bond donors (Lipinski definition) is 1.